The molecule has 3 heterocycles. The average molecular weight is 512 g/mol. The van der Waals surface area contributed by atoms with Crippen LogP contribution in [0.15, 0.2) is 91.4 Å². The molecule has 0 amide bonds. The lowest BCUT2D eigenvalue weighted by Gasteiger charge is -2.32. The predicted molar refractivity (Wildman–Crippen MR) is 148 cm³/mol. The van der Waals surface area contributed by atoms with Gasteiger partial charge in [0.05, 0.1) is 17.7 Å². The van der Waals surface area contributed by atoms with Gasteiger partial charge in [-0.25, -0.2) is 9.97 Å². The van der Waals surface area contributed by atoms with Gasteiger partial charge in [-0.1, -0.05) is 66.2 Å². The highest BCUT2D eigenvalue weighted by atomic mass is 35.5. The first kappa shape index (κ1) is 23.0. The molecular weight excluding hydrogens is 486 g/mol. The SMILES string of the molecule is Cc1cn(-c2cccc(Nc3nc4c(s3)CN(Cc3ccccc3)CC4c3ccccc3Cl)c2)cn1. The number of thiazole rings is 1. The van der Waals surface area contributed by atoms with Gasteiger partial charge in [-0.3, -0.25) is 4.90 Å². The van der Waals surface area contributed by atoms with Crippen LogP contribution in [0.5, 0.6) is 0 Å². The van der Waals surface area contributed by atoms with Crippen LogP contribution in [-0.2, 0) is 13.1 Å². The number of imidazole rings is 1. The summed E-state index contributed by atoms with van der Waals surface area (Å²) in [6, 6.07) is 27.1. The van der Waals surface area contributed by atoms with Gasteiger partial charge in [0, 0.05) is 53.0 Å². The summed E-state index contributed by atoms with van der Waals surface area (Å²) in [4.78, 5) is 13.2. The standard InChI is InChI=1S/C29H26ClN5S/c1-20-15-35(19-31-20)23-11-7-10-22(14-23)32-29-33-28-25(24-12-5-6-13-26(24)30)17-34(18-27(28)36-29)16-21-8-3-2-4-9-21/h2-15,19,25H,16-18H2,1H3,(H,32,33). The Balaban J connectivity index is 1.31. The monoisotopic (exact) mass is 511 g/mol. The van der Waals surface area contributed by atoms with Crippen molar-refractivity contribution in [3.05, 3.63) is 124 Å². The van der Waals surface area contributed by atoms with E-state index in [0.29, 0.717) is 0 Å². The van der Waals surface area contributed by atoms with Crippen molar-refractivity contribution in [2.75, 3.05) is 11.9 Å². The molecule has 2 aromatic heterocycles. The van der Waals surface area contributed by atoms with E-state index in [-0.39, 0.29) is 5.92 Å². The predicted octanol–water partition coefficient (Wildman–Crippen LogP) is 7.18. The molecule has 0 fully saturated rings. The third-order valence-electron chi connectivity index (χ3n) is 6.50. The molecule has 0 spiro atoms. The van der Waals surface area contributed by atoms with Crippen LogP contribution < -0.4 is 5.32 Å². The van der Waals surface area contributed by atoms with E-state index in [2.05, 4.69) is 81.9 Å². The molecule has 3 aromatic carbocycles. The van der Waals surface area contributed by atoms with Gasteiger partial charge in [0.2, 0.25) is 0 Å². The number of anilines is 2. The van der Waals surface area contributed by atoms with Crippen molar-refractivity contribution >= 4 is 33.8 Å². The van der Waals surface area contributed by atoms with Crippen LogP contribution in [0.2, 0.25) is 5.02 Å². The van der Waals surface area contributed by atoms with E-state index in [1.54, 1.807) is 11.3 Å². The Labute approximate surface area is 220 Å². The highest BCUT2D eigenvalue weighted by Gasteiger charge is 2.31. The molecule has 6 rings (SSSR count). The molecule has 0 saturated carbocycles. The zero-order valence-corrected chi connectivity index (χ0v) is 21.5. The maximum Gasteiger partial charge on any atom is 0.187 e. The number of aryl methyl sites for hydroxylation is 1. The quantitative estimate of drug-likeness (QED) is 0.262. The smallest absolute Gasteiger partial charge is 0.187 e. The van der Waals surface area contributed by atoms with E-state index < -0.39 is 0 Å². The number of aromatic nitrogens is 3. The topological polar surface area (TPSA) is 46.0 Å². The Morgan fingerprint density at radius 2 is 1.86 bits per heavy atom. The normalized spacial score (nSPS) is 15.6. The van der Waals surface area contributed by atoms with Crippen molar-refractivity contribution in [3.8, 4) is 5.69 Å². The van der Waals surface area contributed by atoms with E-state index in [1.807, 2.05) is 36.1 Å². The van der Waals surface area contributed by atoms with E-state index in [4.69, 9.17) is 16.6 Å². The maximum atomic E-state index is 6.68. The highest BCUT2D eigenvalue weighted by molar-refractivity contribution is 7.15. The molecule has 1 unspecified atom stereocenters. The fraction of sp³-hybridized carbons (Fsp3) is 0.172. The van der Waals surface area contributed by atoms with Gasteiger partial charge in [-0.2, -0.15) is 0 Å². The zero-order chi connectivity index (χ0) is 24.5. The molecule has 0 saturated heterocycles. The third-order valence-corrected chi connectivity index (χ3v) is 7.82. The first-order valence-corrected chi connectivity index (χ1v) is 13.2. The molecule has 180 valence electrons. The number of halogens is 1. The van der Waals surface area contributed by atoms with Gasteiger partial charge in [-0.15, -0.1) is 11.3 Å². The largest absolute Gasteiger partial charge is 0.331 e. The van der Waals surface area contributed by atoms with Crippen LogP contribution in [0.25, 0.3) is 5.69 Å². The molecule has 7 heteroatoms. The van der Waals surface area contributed by atoms with E-state index in [1.165, 1.54) is 10.4 Å². The second-order valence-corrected chi connectivity index (χ2v) is 10.6. The van der Waals surface area contributed by atoms with Crippen LogP contribution in [0.3, 0.4) is 0 Å². The molecule has 1 atom stereocenters. The van der Waals surface area contributed by atoms with Crippen molar-refractivity contribution in [2.45, 2.75) is 25.9 Å². The minimum atomic E-state index is 0.123. The van der Waals surface area contributed by atoms with Gasteiger partial charge in [-0.05, 0) is 42.3 Å². The Kier molecular flexibility index (Phi) is 6.32. The van der Waals surface area contributed by atoms with Crippen molar-refractivity contribution in [2.24, 2.45) is 0 Å². The summed E-state index contributed by atoms with van der Waals surface area (Å²) in [6.07, 6.45) is 3.86. The third kappa shape index (κ3) is 4.80. The summed E-state index contributed by atoms with van der Waals surface area (Å²) < 4.78 is 2.03. The van der Waals surface area contributed by atoms with Gasteiger partial charge in [0.1, 0.15) is 0 Å². The lowest BCUT2D eigenvalue weighted by molar-refractivity contribution is 0.233. The lowest BCUT2D eigenvalue weighted by Crippen LogP contribution is -2.33. The van der Waals surface area contributed by atoms with Gasteiger partial charge < -0.3 is 9.88 Å². The minimum absolute atomic E-state index is 0.123. The number of hydrogen-bond donors (Lipinski definition) is 1. The van der Waals surface area contributed by atoms with E-state index in [9.17, 15) is 0 Å². The molecule has 1 aliphatic rings. The molecular formula is C29H26ClN5S. The van der Waals surface area contributed by atoms with Crippen LogP contribution in [0.1, 0.15) is 33.3 Å². The fourth-order valence-electron chi connectivity index (χ4n) is 4.81. The Hall–Kier alpha value is -3.45. The fourth-order valence-corrected chi connectivity index (χ4v) is 6.16. The summed E-state index contributed by atoms with van der Waals surface area (Å²) in [5, 5.41) is 5.24. The van der Waals surface area contributed by atoms with Crippen molar-refractivity contribution < 1.29 is 0 Å². The first-order valence-electron chi connectivity index (χ1n) is 12.0. The van der Waals surface area contributed by atoms with Crippen molar-refractivity contribution in [1.82, 2.24) is 19.4 Å². The van der Waals surface area contributed by atoms with Crippen molar-refractivity contribution in [3.63, 3.8) is 0 Å². The van der Waals surface area contributed by atoms with Gasteiger partial charge in [0.15, 0.2) is 5.13 Å². The number of fused-ring (bicyclic) bond motifs is 1. The second-order valence-electron chi connectivity index (χ2n) is 9.15. The van der Waals surface area contributed by atoms with E-state index >= 15 is 0 Å². The van der Waals surface area contributed by atoms with E-state index in [0.717, 1.165) is 58.1 Å². The van der Waals surface area contributed by atoms with Gasteiger partial charge >= 0.3 is 0 Å². The zero-order valence-electron chi connectivity index (χ0n) is 19.9. The summed E-state index contributed by atoms with van der Waals surface area (Å²) in [5.74, 6) is 0.123. The summed E-state index contributed by atoms with van der Waals surface area (Å²) >= 11 is 8.41. The molecule has 5 aromatic rings. The molecule has 1 aliphatic heterocycles. The van der Waals surface area contributed by atoms with Crippen LogP contribution in [-0.4, -0.2) is 26.0 Å². The highest BCUT2D eigenvalue weighted by Crippen LogP contribution is 2.41. The average Bonchev–Trinajstić information content (AvgIpc) is 3.50. The molecule has 0 aliphatic carbocycles. The maximum absolute atomic E-state index is 6.68. The van der Waals surface area contributed by atoms with Crippen molar-refractivity contribution in [1.29, 1.82) is 0 Å². The number of benzene rings is 3. The molecule has 5 nitrogen and oxygen atoms in total. The Bertz CT molecular complexity index is 1490. The first-order chi connectivity index (χ1) is 17.6. The summed E-state index contributed by atoms with van der Waals surface area (Å²) in [6.45, 7) is 4.65. The number of nitrogens with zero attached hydrogens (tertiary/aromatic N) is 4. The number of rotatable bonds is 6. The van der Waals surface area contributed by atoms with Crippen LogP contribution in [0.4, 0.5) is 10.8 Å². The van der Waals surface area contributed by atoms with Gasteiger partial charge in [0.25, 0.3) is 0 Å². The Morgan fingerprint density at radius 1 is 1.03 bits per heavy atom. The minimum Gasteiger partial charge on any atom is -0.331 e. The molecule has 1 N–H and O–H groups in total. The molecule has 36 heavy (non-hydrogen) atoms. The van der Waals surface area contributed by atoms with Crippen LogP contribution >= 0.6 is 22.9 Å². The second kappa shape index (κ2) is 9.90. The number of hydrogen-bond acceptors (Lipinski definition) is 5. The lowest BCUT2D eigenvalue weighted by atomic mass is 9.91. The molecule has 0 bridgehead atoms. The molecule has 0 radical (unpaired) electrons. The summed E-state index contributed by atoms with van der Waals surface area (Å²) in [7, 11) is 0. The van der Waals surface area contributed by atoms with Crippen LogP contribution in [0, 0.1) is 6.92 Å². The summed E-state index contributed by atoms with van der Waals surface area (Å²) in [5.41, 5.74) is 6.62. The number of nitrogens with one attached hydrogen (secondary N) is 1. The Morgan fingerprint density at radius 3 is 2.67 bits per heavy atom.